The smallest absolute Gasteiger partial charge is 0.312 e. The highest BCUT2D eigenvalue weighted by Crippen LogP contribution is 2.33. The highest BCUT2D eigenvalue weighted by Gasteiger charge is 2.41. The number of hydrogen-bond donors (Lipinski definition) is 1. The summed E-state index contributed by atoms with van der Waals surface area (Å²) in [6.45, 7) is 0.597. The van der Waals surface area contributed by atoms with Crippen molar-refractivity contribution in [3.05, 3.63) is 35.4 Å². The standard InChI is InChI=1S/C13H14F2O3/c14-10-3-2-9(11(15)6-10)7-13(12(16)17)4-1-5-18-8-13/h2-3,6H,1,4-5,7-8H2,(H,16,17). The quantitative estimate of drug-likeness (QED) is 0.903. The Morgan fingerprint density at radius 1 is 1.44 bits per heavy atom. The van der Waals surface area contributed by atoms with Crippen molar-refractivity contribution in [3.63, 3.8) is 0 Å². The van der Waals surface area contributed by atoms with Crippen molar-refractivity contribution in [3.8, 4) is 0 Å². The maximum Gasteiger partial charge on any atom is 0.312 e. The summed E-state index contributed by atoms with van der Waals surface area (Å²) in [5, 5.41) is 9.32. The molecule has 5 heteroatoms. The van der Waals surface area contributed by atoms with E-state index in [1.54, 1.807) is 0 Å². The van der Waals surface area contributed by atoms with Gasteiger partial charge in [-0.15, -0.1) is 0 Å². The largest absolute Gasteiger partial charge is 0.481 e. The van der Waals surface area contributed by atoms with Crippen LogP contribution < -0.4 is 0 Å². The van der Waals surface area contributed by atoms with Crippen LogP contribution in [0.4, 0.5) is 8.78 Å². The maximum atomic E-state index is 13.6. The monoisotopic (exact) mass is 256 g/mol. The molecule has 18 heavy (non-hydrogen) atoms. The van der Waals surface area contributed by atoms with Gasteiger partial charge in [0, 0.05) is 12.7 Å². The van der Waals surface area contributed by atoms with Gasteiger partial charge in [0.05, 0.1) is 12.0 Å². The summed E-state index contributed by atoms with van der Waals surface area (Å²) in [6.07, 6.45) is 1.10. The summed E-state index contributed by atoms with van der Waals surface area (Å²) in [5.74, 6) is -2.37. The number of rotatable bonds is 3. The van der Waals surface area contributed by atoms with Crippen molar-refractivity contribution < 1.29 is 23.4 Å². The van der Waals surface area contributed by atoms with Gasteiger partial charge in [-0.3, -0.25) is 4.79 Å². The average Bonchev–Trinajstić information content (AvgIpc) is 2.34. The van der Waals surface area contributed by atoms with E-state index in [4.69, 9.17) is 4.74 Å². The predicted octanol–water partition coefficient (Wildman–Crippen LogP) is 2.39. The molecular weight excluding hydrogens is 242 g/mol. The molecule has 0 aromatic heterocycles. The Morgan fingerprint density at radius 3 is 2.78 bits per heavy atom. The molecular formula is C13H14F2O3. The van der Waals surface area contributed by atoms with Gasteiger partial charge in [0.1, 0.15) is 11.6 Å². The van der Waals surface area contributed by atoms with Crippen LogP contribution in [-0.2, 0) is 16.0 Å². The van der Waals surface area contributed by atoms with E-state index < -0.39 is 23.0 Å². The molecule has 1 aliphatic heterocycles. The van der Waals surface area contributed by atoms with Crippen molar-refractivity contribution in [2.75, 3.05) is 13.2 Å². The first-order valence-electron chi connectivity index (χ1n) is 5.79. The highest BCUT2D eigenvalue weighted by molar-refractivity contribution is 5.75. The third kappa shape index (κ3) is 2.51. The van der Waals surface area contributed by atoms with E-state index in [-0.39, 0.29) is 18.6 Å². The van der Waals surface area contributed by atoms with Crippen LogP contribution in [0.1, 0.15) is 18.4 Å². The molecule has 1 saturated heterocycles. The molecule has 0 saturated carbocycles. The number of aliphatic carboxylic acids is 1. The Balaban J connectivity index is 2.26. The molecule has 1 unspecified atom stereocenters. The van der Waals surface area contributed by atoms with Crippen LogP contribution in [0.25, 0.3) is 0 Å². The van der Waals surface area contributed by atoms with Crippen molar-refractivity contribution in [1.82, 2.24) is 0 Å². The van der Waals surface area contributed by atoms with E-state index in [1.165, 1.54) is 6.07 Å². The van der Waals surface area contributed by atoms with Crippen LogP contribution in [0.5, 0.6) is 0 Å². The molecule has 0 bridgehead atoms. The lowest BCUT2D eigenvalue weighted by Crippen LogP contribution is -2.41. The van der Waals surface area contributed by atoms with E-state index >= 15 is 0 Å². The summed E-state index contributed by atoms with van der Waals surface area (Å²) in [4.78, 5) is 11.4. The molecule has 0 aliphatic carbocycles. The Labute approximate surface area is 103 Å². The molecule has 1 aliphatic rings. The van der Waals surface area contributed by atoms with Crippen LogP contribution in [0.2, 0.25) is 0 Å². The number of halogens is 2. The molecule has 1 fully saturated rings. The fourth-order valence-corrected chi connectivity index (χ4v) is 2.27. The van der Waals surface area contributed by atoms with Crippen LogP contribution >= 0.6 is 0 Å². The first-order valence-corrected chi connectivity index (χ1v) is 5.79. The van der Waals surface area contributed by atoms with Crippen molar-refractivity contribution >= 4 is 5.97 Å². The van der Waals surface area contributed by atoms with E-state index in [0.717, 1.165) is 12.1 Å². The molecule has 1 aromatic rings. The summed E-state index contributed by atoms with van der Waals surface area (Å²) in [6, 6.07) is 3.20. The summed E-state index contributed by atoms with van der Waals surface area (Å²) in [7, 11) is 0. The number of carboxylic acid groups (broad SMARTS) is 1. The zero-order chi connectivity index (χ0) is 13.2. The molecule has 3 nitrogen and oxygen atoms in total. The summed E-state index contributed by atoms with van der Waals surface area (Å²) >= 11 is 0. The third-order valence-corrected chi connectivity index (χ3v) is 3.32. The van der Waals surface area contributed by atoms with E-state index in [2.05, 4.69) is 0 Å². The lowest BCUT2D eigenvalue weighted by atomic mass is 9.77. The fraction of sp³-hybridized carbons (Fsp3) is 0.462. The van der Waals surface area contributed by atoms with Gasteiger partial charge < -0.3 is 9.84 Å². The first kappa shape index (κ1) is 13.0. The molecule has 98 valence electrons. The normalized spacial score (nSPS) is 23.9. The number of carbonyl (C=O) groups is 1. The Morgan fingerprint density at radius 2 is 2.22 bits per heavy atom. The lowest BCUT2D eigenvalue weighted by molar-refractivity contribution is -0.157. The molecule has 0 spiro atoms. The van der Waals surface area contributed by atoms with Gasteiger partial charge in [-0.05, 0) is 30.9 Å². The SMILES string of the molecule is O=C(O)C1(Cc2ccc(F)cc2F)CCCOC1. The Bertz CT molecular complexity index is 454. The zero-order valence-corrected chi connectivity index (χ0v) is 9.79. The Kier molecular flexibility index (Phi) is 3.61. The molecule has 1 atom stereocenters. The van der Waals surface area contributed by atoms with Crippen molar-refractivity contribution in [2.45, 2.75) is 19.3 Å². The fourth-order valence-electron chi connectivity index (χ4n) is 2.27. The highest BCUT2D eigenvalue weighted by atomic mass is 19.1. The van der Waals surface area contributed by atoms with Gasteiger partial charge in [0.25, 0.3) is 0 Å². The number of carboxylic acids is 1. The molecule has 1 aromatic carbocycles. The molecule has 2 rings (SSSR count). The van der Waals surface area contributed by atoms with Gasteiger partial charge in [0.15, 0.2) is 0 Å². The van der Waals surface area contributed by atoms with E-state index in [0.29, 0.717) is 19.4 Å². The van der Waals surface area contributed by atoms with Crippen molar-refractivity contribution in [1.29, 1.82) is 0 Å². The van der Waals surface area contributed by atoms with Gasteiger partial charge in [-0.25, -0.2) is 8.78 Å². The third-order valence-electron chi connectivity index (χ3n) is 3.32. The first-order chi connectivity index (χ1) is 8.53. The second-order valence-electron chi connectivity index (χ2n) is 4.65. The summed E-state index contributed by atoms with van der Waals surface area (Å²) < 4.78 is 31.6. The molecule has 0 radical (unpaired) electrons. The van der Waals surface area contributed by atoms with E-state index in [9.17, 15) is 18.7 Å². The lowest BCUT2D eigenvalue weighted by Gasteiger charge is -2.33. The van der Waals surface area contributed by atoms with Crippen LogP contribution in [-0.4, -0.2) is 24.3 Å². The van der Waals surface area contributed by atoms with Crippen LogP contribution in [0, 0.1) is 17.0 Å². The number of ether oxygens (including phenoxy) is 1. The second kappa shape index (κ2) is 5.02. The predicted molar refractivity (Wildman–Crippen MR) is 60.2 cm³/mol. The topological polar surface area (TPSA) is 46.5 Å². The molecule has 0 amide bonds. The van der Waals surface area contributed by atoms with Crippen LogP contribution in [0.15, 0.2) is 18.2 Å². The molecule has 1 heterocycles. The van der Waals surface area contributed by atoms with Gasteiger partial charge in [-0.2, -0.15) is 0 Å². The minimum absolute atomic E-state index is 0.0223. The average molecular weight is 256 g/mol. The molecule has 1 N–H and O–H groups in total. The number of hydrogen-bond acceptors (Lipinski definition) is 2. The minimum atomic E-state index is -1.10. The Hall–Kier alpha value is -1.49. The van der Waals surface area contributed by atoms with Gasteiger partial charge >= 0.3 is 5.97 Å². The second-order valence-corrected chi connectivity index (χ2v) is 4.65. The van der Waals surface area contributed by atoms with Crippen LogP contribution in [0.3, 0.4) is 0 Å². The zero-order valence-electron chi connectivity index (χ0n) is 9.79. The van der Waals surface area contributed by atoms with E-state index in [1.807, 2.05) is 0 Å². The minimum Gasteiger partial charge on any atom is -0.481 e. The van der Waals surface area contributed by atoms with Gasteiger partial charge in [-0.1, -0.05) is 6.07 Å². The van der Waals surface area contributed by atoms with Crippen molar-refractivity contribution in [2.24, 2.45) is 5.41 Å². The maximum absolute atomic E-state index is 13.6. The summed E-state index contributed by atoms with van der Waals surface area (Å²) in [5.41, 5.74) is -0.888. The number of benzene rings is 1. The van der Waals surface area contributed by atoms with Gasteiger partial charge in [0.2, 0.25) is 0 Å².